The molecule has 0 aromatic carbocycles. The normalized spacial score (nSPS) is 13.2. The number of carbonyl (C=O) groups is 1. The van der Waals surface area contributed by atoms with Crippen molar-refractivity contribution in [2.75, 3.05) is 11.9 Å². The van der Waals surface area contributed by atoms with E-state index in [1.54, 1.807) is 7.05 Å². The third kappa shape index (κ3) is 4.45. The van der Waals surface area contributed by atoms with Gasteiger partial charge in [0.2, 0.25) is 0 Å². The van der Waals surface area contributed by atoms with Crippen molar-refractivity contribution in [3.63, 3.8) is 0 Å². The molecule has 0 spiro atoms. The van der Waals surface area contributed by atoms with Gasteiger partial charge in [-0.15, -0.1) is 0 Å². The summed E-state index contributed by atoms with van der Waals surface area (Å²) in [5.41, 5.74) is 0.226. The number of aliphatic hydroxyl groups is 1. The van der Waals surface area contributed by atoms with Gasteiger partial charge in [-0.3, -0.25) is 4.90 Å². The maximum atomic E-state index is 12.0. The Labute approximate surface area is 124 Å². The van der Waals surface area contributed by atoms with E-state index < -0.39 is 17.8 Å². The fourth-order valence-corrected chi connectivity index (χ4v) is 2.70. The van der Waals surface area contributed by atoms with E-state index in [-0.39, 0.29) is 0 Å². The Morgan fingerprint density at radius 1 is 1.50 bits per heavy atom. The fraction of sp³-hybridized carbons (Fsp3) is 0.714. The standard InChI is InChI=1S/C14H24N2O3S/c1-7-8-10(17)11-9(2)15-12(20-11)16(6)13(18)19-14(3,4)5/h10,17H,7-8H2,1-6H3. The second-order valence-corrected chi connectivity index (χ2v) is 6.80. The minimum atomic E-state index is -0.539. The maximum Gasteiger partial charge on any atom is 0.416 e. The summed E-state index contributed by atoms with van der Waals surface area (Å²) in [5, 5.41) is 10.6. The smallest absolute Gasteiger partial charge is 0.416 e. The molecule has 1 atom stereocenters. The molecule has 0 radical (unpaired) electrons. The maximum absolute atomic E-state index is 12.0. The molecule has 1 amide bonds. The van der Waals surface area contributed by atoms with Crippen LogP contribution < -0.4 is 4.90 Å². The van der Waals surface area contributed by atoms with Gasteiger partial charge in [0.1, 0.15) is 5.60 Å². The highest BCUT2D eigenvalue weighted by molar-refractivity contribution is 7.16. The lowest BCUT2D eigenvalue weighted by atomic mass is 10.1. The van der Waals surface area contributed by atoms with Crippen molar-refractivity contribution in [1.29, 1.82) is 0 Å². The van der Waals surface area contributed by atoms with Crippen LogP contribution in [0.1, 0.15) is 57.2 Å². The molecule has 0 aliphatic heterocycles. The number of anilines is 1. The minimum absolute atomic E-state index is 0.442. The van der Waals surface area contributed by atoms with Crippen LogP contribution in [0, 0.1) is 6.92 Å². The van der Waals surface area contributed by atoms with Crippen LogP contribution in [-0.2, 0) is 4.74 Å². The zero-order valence-corrected chi connectivity index (χ0v) is 13.9. The molecule has 1 N–H and O–H groups in total. The second-order valence-electron chi connectivity index (χ2n) is 5.79. The summed E-state index contributed by atoms with van der Waals surface area (Å²) in [6, 6.07) is 0. The highest BCUT2D eigenvalue weighted by Gasteiger charge is 2.24. The number of ether oxygens (including phenoxy) is 1. The molecule has 6 heteroatoms. The molecule has 1 unspecified atom stereocenters. The minimum Gasteiger partial charge on any atom is -0.443 e. The van der Waals surface area contributed by atoms with Crippen molar-refractivity contribution < 1.29 is 14.6 Å². The van der Waals surface area contributed by atoms with E-state index in [2.05, 4.69) is 4.98 Å². The average molecular weight is 300 g/mol. The summed E-state index contributed by atoms with van der Waals surface area (Å²) in [6.45, 7) is 9.33. The van der Waals surface area contributed by atoms with Gasteiger partial charge in [-0.25, -0.2) is 9.78 Å². The van der Waals surface area contributed by atoms with Crippen LogP contribution in [0.15, 0.2) is 0 Å². The number of aromatic nitrogens is 1. The van der Waals surface area contributed by atoms with Crippen LogP contribution >= 0.6 is 11.3 Å². The third-order valence-corrected chi connectivity index (χ3v) is 3.98. The molecule has 0 bridgehead atoms. The second kappa shape index (κ2) is 6.54. The first-order chi connectivity index (χ1) is 9.15. The Bertz CT molecular complexity index is 465. The van der Waals surface area contributed by atoms with Crippen LogP contribution in [0.4, 0.5) is 9.93 Å². The molecule has 0 fully saturated rings. The predicted molar refractivity (Wildman–Crippen MR) is 81.4 cm³/mol. The third-order valence-electron chi connectivity index (χ3n) is 2.64. The van der Waals surface area contributed by atoms with E-state index >= 15 is 0 Å². The summed E-state index contributed by atoms with van der Waals surface area (Å²) >= 11 is 1.33. The van der Waals surface area contributed by atoms with Gasteiger partial charge in [-0.1, -0.05) is 24.7 Å². The molecule has 1 rings (SSSR count). The van der Waals surface area contributed by atoms with E-state index in [9.17, 15) is 9.90 Å². The molecule has 5 nitrogen and oxygen atoms in total. The highest BCUT2D eigenvalue weighted by Crippen LogP contribution is 2.32. The Hall–Kier alpha value is -1.14. The monoisotopic (exact) mass is 300 g/mol. The lowest BCUT2D eigenvalue weighted by Gasteiger charge is -2.23. The molecule has 114 valence electrons. The first-order valence-electron chi connectivity index (χ1n) is 6.77. The van der Waals surface area contributed by atoms with Crippen molar-refractivity contribution in [1.82, 2.24) is 4.98 Å². The number of hydrogen-bond acceptors (Lipinski definition) is 5. The number of thiazole rings is 1. The van der Waals surface area contributed by atoms with Gasteiger partial charge < -0.3 is 9.84 Å². The van der Waals surface area contributed by atoms with Gasteiger partial charge in [-0.2, -0.15) is 0 Å². The molecule has 0 saturated carbocycles. The Morgan fingerprint density at radius 3 is 2.60 bits per heavy atom. The first-order valence-corrected chi connectivity index (χ1v) is 7.59. The van der Waals surface area contributed by atoms with Crippen LogP contribution in [0.25, 0.3) is 0 Å². The summed E-state index contributed by atoms with van der Waals surface area (Å²) in [7, 11) is 1.63. The van der Waals surface area contributed by atoms with Gasteiger partial charge in [0.15, 0.2) is 5.13 Å². The average Bonchev–Trinajstić information content (AvgIpc) is 2.68. The van der Waals surface area contributed by atoms with Crippen LogP contribution in [0.5, 0.6) is 0 Å². The van der Waals surface area contributed by atoms with Crippen LogP contribution in [0.2, 0.25) is 0 Å². The number of amides is 1. The van der Waals surface area contributed by atoms with Crippen molar-refractivity contribution in [2.45, 2.75) is 59.2 Å². The van der Waals surface area contributed by atoms with Crippen molar-refractivity contribution >= 4 is 22.6 Å². The number of nitrogens with zero attached hydrogens (tertiary/aromatic N) is 2. The van der Waals surface area contributed by atoms with Gasteiger partial charge in [0.05, 0.1) is 16.7 Å². The number of carbonyl (C=O) groups excluding carboxylic acids is 1. The summed E-state index contributed by atoms with van der Waals surface area (Å²) in [5.74, 6) is 0. The number of aryl methyl sites for hydroxylation is 1. The first kappa shape index (κ1) is 16.9. The SMILES string of the molecule is CCCC(O)c1sc(N(C)C(=O)OC(C)(C)C)nc1C. The van der Waals surface area contributed by atoms with Gasteiger partial charge >= 0.3 is 6.09 Å². The van der Waals surface area contributed by atoms with Gasteiger partial charge in [-0.05, 0) is 34.1 Å². The molecule has 1 aromatic rings. The summed E-state index contributed by atoms with van der Waals surface area (Å²) < 4.78 is 5.30. The molecule has 1 aromatic heterocycles. The highest BCUT2D eigenvalue weighted by atomic mass is 32.1. The van der Waals surface area contributed by atoms with Crippen molar-refractivity contribution in [3.8, 4) is 0 Å². The zero-order chi connectivity index (χ0) is 15.5. The molecule has 0 saturated heterocycles. The quantitative estimate of drug-likeness (QED) is 0.921. The van der Waals surface area contributed by atoms with Crippen LogP contribution in [0.3, 0.4) is 0 Å². The van der Waals surface area contributed by atoms with Gasteiger partial charge in [0, 0.05) is 7.05 Å². The summed E-state index contributed by atoms with van der Waals surface area (Å²) in [4.78, 5) is 18.5. The van der Waals surface area contributed by atoms with E-state index in [0.717, 1.165) is 17.0 Å². The number of rotatable bonds is 4. The Morgan fingerprint density at radius 2 is 2.10 bits per heavy atom. The van der Waals surface area contributed by atoms with E-state index in [1.165, 1.54) is 16.2 Å². The molecular weight excluding hydrogens is 276 g/mol. The van der Waals surface area contributed by atoms with Gasteiger partial charge in [0.25, 0.3) is 0 Å². The molecule has 20 heavy (non-hydrogen) atoms. The largest absolute Gasteiger partial charge is 0.443 e. The Balaban J connectivity index is 2.87. The lowest BCUT2D eigenvalue weighted by Crippen LogP contribution is -2.34. The lowest BCUT2D eigenvalue weighted by molar-refractivity contribution is 0.0589. The van der Waals surface area contributed by atoms with Crippen molar-refractivity contribution in [2.24, 2.45) is 0 Å². The van der Waals surface area contributed by atoms with E-state index in [0.29, 0.717) is 11.6 Å². The molecule has 1 heterocycles. The predicted octanol–water partition coefficient (Wildman–Crippen LogP) is 3.66. The van der Waals surface area contributed by atoms with E-state index in [1.807, 2.05) is 34.6 Å². The number of hydrogen-bond donors (Lipinski definition) is 1. The van der Waals surface area contributed by atoms with E-state index in [4.69, 9.17) is 4.74 Å². The summed E-state index contributed by atoms with van der Waals surface area (Å²) in [6.07, 6.45) is 0.634. The molecular formula is C14H24N2O3S. The van der Waals surface area contributed by atoms with Crippen molar-refractivity contribution in [3.05, 3.63) is 10.6 Å². The van der Waals surface area contributed by atoms with Crippen LogP contribution in [-0.4, -0.2) is 28.8 Å². The topological polar surface area (TPSA) is 62.7 Å². The fourth-order valence-electron chi connectivity index (χ4n) is 1.66. The number of aliphatic hydroxyl groups excluding tert-OH is 1. The molecule has 0 aliphatic carbocycles. The Kier molecular flexibility index (Phi) is 5.53. The zero-order valence-electron chi connectivity index (χ0n) is 13.1. The molecule has 0 aliphatic rings.